The van der Waals surface area contributed by atoms with Gasteiger partial charge in [-0.25, -0.2) is 9.59 Å². The monoisotopic (exact) mass is 342 g/mol. The minimum absolute atomic E-state index is 0.0312. The lowest BCUT2D eigenvalue weighted by atomic mass is 9.93. The fourth-order valence-corrected chi connectivity index (χ4v) is 3.09. The minimum atomic E-state index is -0.371. The number of hydrogen-bond donors (Lipinski definition) is 2. The molecule has 0 saturated heterocycles. The highest BCUT2D eigenvalue weighted by Gasteiger charge is 2.24. The van der Waals surface area contributed by atoms with E-state index in [0.717, 1.165) is 24.8 Å². The highest BCUT2D eigenvalue weighted by molar-refractivity contribution is 5.92. The third kappa shape index (κ3) is 3.81. The lowest BCUT2D eigenvalue weighted by Gasteiger charge is -2.24. The molecule has 1 aliphatic carbocycles. The second-order valence-corrected chi connectivity index (χ2v) is 6.01. The van der Waals surface area contributed by atoms with Gasteiger partial charge in [0.05, 0.1) is 24.4 Å². The van der Waals surface area contributed by atoms with Crippen LogP contribution in [0.2, 0.25) is 0 Å². The van der Waals surface area contributed by atoms with Gasteiger partial charge in [-0.2, -0.15) is 5.10 Å². The first kappa shape index (κ1) is 17.0. The summed E-state index contributed by atoms with van der Waals surface area (Å²) in [4.78, 5) is 23.9. The van der Waals surface area contributed by atoms with Crippen molar-refractivity contribution < 1.29 is 14.3 Å². The molecule has 1 aliphatic rings. The summed E-state index contributed by atoms with van der Waals surface area (Å²) in [6.45, 7) is 2.09. The molecule has 1 aromatic heterocycles. The molecular weight excluding hydrogens is 320 g/mol. The number of fused-ring (bicyclic) bond motifs is 1. The number of amides is 2. The number of nitrogens with zero attached hydrogens (tertiary/aromatic N) is 2. The van der Waals surface area contributed by atoms with Gasteiger partial charge >= 0.3 is 12.0 Å². The van der Waals surface area contributed by atoms with Gasteiger partial charge in [-0.15, -0.1) is 0 Å². The fourth-order valence-electron chi connectivity index (χ4n) is 3.09. The van der Waals surface area contributed by atoms with Crippen molar-refractivity contribution in [2.75, 3.05) is 11.9 Å². The summed E-state index contributed by atoms with van der Waals surface area (Å²) in [6.07, 6.45) is 4.73. The van der Waals surface area contributed by atoms with Gasteiger partial charge in [0, 0.05) is 24.0 Å². The molecule has 2 amide bonds. The number of esters is 1. The standard InChI is InChI=1S/C18H22N4O3/c1-3-25-17(23)12-7-9-13(10-8-12)20-18(24)21-15-5-4-6-16-14(15)11-19-22(16)2/h7-11,15H,3-6H2,1-2H3,(H2,20,21,24)/t15-/m0/s1. The largest absolute Gasteiger partial charge is 0.462 e. The van der Waals surface area contributed by atoms with Gasteiger partial charge in [-0.3, -0.25) is 4.68 Å². The van der Waals surface area contributed by atoms with Crippen LogP contribution in [0.4, 0.5) is 10.5 Å². The molecule has 1 heterocycles. The molecular formula is C18H22N4O3. The number of rotatable bonds is 4. The molecule has 2 N–H and O–H groups in total. The van der Waals surface area contributed by atoms with Crippen LogP contribution < -0.4 is 10.6 Å². The number of aryl methyl sites for hydroxylation is 1. The highest BCUT2D eigenvalue weighted by Crippen LogP contribution is 2.29. The quantitative estimate of drug-likeness (QED) is 0.837. The average molecular weight is 342 g/mol. The average Bonchev–Trinajstić information content (AvgIpc) is 2.98. The SMILES string of the molecule is CCOC(=O)c1ccc(NC(=O)N[C@H]2CCCc3c2cnn3C)cc1. The molecule has 0 radical (unpaired) electrons. The Labute approximate surface area is 146 Å². The summed E-state index contributed by atoms with van der Waals surface area (Å²) in [5, 5.41) is 10.1. The predicted octanol–water partition coefficient (Wildman–Crippen LogP) is 2.80. The molecule has 0 spiro atoms. The summed E-state index contributed by atoms with van der Waals surface area (Å²) in [6, 6.07) is 6.33. The molecule has 0 bridgehead atoms. The van der Waals surface area contributed by atoms with Gasteiger partial charge in [0.15, 0.2) is 0 Å². The van der Waals surface area contributed by atoms with E-state index >= 15 is 0 Å². The van der Waals surface area contributed by atoms with Crippen molar-refractivity contribution >= 4 is 17.7 Å². The van der Waals surface area contributed by atoms with Gasteiger partial charge in [0.25, 0.3) is 0 Å². The van der Waals surface area contributed by atoms with Crippen molar-refractivity contribution in [3.05, 3.63) is 47.3 Å². The van der Waals surface area contributed by atoms with E-state index in [4.69, 9.17) is 4.74 Å². The summed E-state index contributed by atoms with van der Waals surface area (Å²) in [5.41, 5.74) is 3.34. The molecule has 2 aromatic rings. The topological polar surface area (TPSA) is 85.2 Å². The Bertz CT molecular complexity index is 767. The lowest BCUT2D eigenvalue weighted by Crippen LogP contribution is -2.34. The van der Waals surface area contributed by atoms with Gasteiger partial charge in [-0.05, 0) is 50.5 Å². The van der Waals surface area contributed by atoms with E-state index in [-0.39, 0.29) is 18.0 Å². The number of nitrogens with one attached hydrogen (secondary N) is 2. The smallest absolute Gasteiger partial charge is 0.338 e. The number of benzene rings is 1. The zero-order valence-electron chi connectivity index (χ0n) is 14.4. The Balaban J connectivity index is 1.61. The zero-order chi connectivity index (χ0) is 17.8. The molecule has 1 atom stereocenters. The minimum Gasteiger partial charge on any atom is -0.462 e. The first-order chi connectivity index (χ1) is 12.1. The van der Waals surface area contributed by atoms with Crippen LogP contribution in [0.3, 0.4) is 0 Å². The van der Waals surface area contributed by atoms with Gasteiger partial charge < -0.3 is 15.4 Å². The second kappa shape index (κ2) is 7.38. The van der Waals surface area contributed by atoms with Gasteiger partial charge in [0.2, 0.25) is 0 Å². The lowest BCUT2D eigenvalue weighted by molar-refractivity contribution is 0.0526. The number of ether oxygens (including phenoxy) is 1. The summed E-state index contributed by atoms with van der Waals surface area (Å²) in [7, 11) is 1.92. The Morgan fingerprint density at radius 3 is 2.80 bits per heavy atom. The molecule has 0 unspecified atom stereocenters. The Hall–Kier alpha value is -2.83. The number of aromatic nitrogens is 2. The van der Waals surface area contributed by atoms with E-state index in [9.17, 15) is 9.59 Å². The fraction of sp³-hybridized carbons (Fsp3) is 0.389. The molecule has 25 heavy (non-hydrogen) atoms. The molecule has 7 nitrogen and oxygen atoms in total. The van der Waals surface area contributed by atoms with Crippen molar-refractivity contribution in [2.24, 2.45) is 7.05 Å². The summed E-state index contributed by atoms with van der Waals surface area (Å²) < 4.78 is 6.81. The van der Waals surface area contributed by atoms with Crippen LogP contribution in [-0.2, 0) is 18.2 Å². The van der Waals surface area contributed by atoms with Crippen molar-refractivity contribution in [3.8, 4) is 0 Å². The molecule has 132 valence electrons. The van der Waals surface area contributed by atoms with Crippen molar-refractivity contribution in [1.29, 1.82) is 0 Å². The van der Waals surface area contributed by atoms with Crippen molar-refractivity contribution in [2.45, 2.75) is 32.2 Å². The van der Waals surface area contributed by atoms with Crippen molar-refractivity contribution in [1.82, 2.24) is 15.1 Å². The number of anilines is 1. The second-order valence-electron chi connectivity index (χ2n) is 6.01. The number of carbonyl (C=O) groups is 2. The third-order valence-electron chi connectivity index (χ3n) is 4.33. The van der Waals surface area contributed by atoms with E-state index in [1.54, 1.807) is 31.2 Å². The number of hydrogen-bond acceptors (Lipinski definition) is 4. The maximum atomic E-state index is 12.3. The van der Waals surface area contributed by atoms with Gasteiger partial charge in [-0.1, -0.05) is 0 Å². The Kier molecular flexibility index (Phi) is 5.02. The predicted molar refractivity (Wildman–Crippen MR) is 93.4 cm³/mol. The van der Waals surface area contributed by atoms with Crippen LogP contribution in [0, 0.1) is 0 Å². The molecule has 0 aliphatic heterocycles. The third-order valence-corrected chi connectivity index (χ3v) is 4.33. The number of carbonyl (C=O) groups excluding carboxylic acids is 2. The van der Waals surface area contributed by atoms with Crippen LogP contribution in [0.25, 0.3) is 0 Å². The van der Waals surface area contributed by atoms with Crippen LogP contribution in [0.5, 0.6) is 0 Å². The Morgan fingerprint density at radius 1 is 1.32 bits per heavy atom. The molecule has 0 saturated carbocycles. The van der Waals surface area contributed by atoms with Crippen LogP contribution in [-0.4, -0.2) is 28.4 Å². The van der Waals surface area contributed by atoms with E-state index in [1.165, 1.54) is 5.69 Å². The van der Waals surface area contributed by atoms with Crippen molar-refractivity contribution in [3.63, 3.8) is 0 Å². The normalized spacial score (nSPS) is 16.0. The Morgan fingerprint density at radius 2 is 2.08 bits per heavy atom. The number of urea groups is 1. The molecule has 3 rings (SSSR count). The van der Waals surface area contributed by atoms with Crippen LogP contribution >= 0.6 is 0 Å². The van der Waals surface area contributed by atoms with E-state index < -0.39 is 0 Å². The molecule has 7 heteroatoms. The molecule has 1 aromatic carbocycles. The van der Waals surface area contributed by atoms with Gasteiger partial charge in [0.1, 0.15) is 0 Å². The maximum absolute atomic E-state index is 12.3. The first-order valence-electron chi connectivity index (χ1n) is 8.44. The zero-order valence-corrected chi connectivity index (χ0v) is 14.4. The van der Waals surface area contributed by atoms with Crippen LogP contribution in [0.1, 0.15) is 47.4 Å². The van der Waals surface area contributed by atoms with E-state index in [1.807, 2.05) is 17.9 Å². The maximum Gasteiger partial charge on any atom is 0.338 e. The summed E-state index contributed by atoms with van der Waals surface area (Å²) in [5.74, 6) is -0.371. The first-order valence-corrected chi connectivity index (χ1v) is 8.44. The van der Waals surface area contributed by atoms with Crippen LogP contribution in [0.15, 0.2) is 30.5 Å². The highest BCUT2D eigenvalue weighted by atomic mass is 16.5. The summed E-state index contributed by atoms with van der Waals surface area (Å²) >= 11 is 0. The van der Waals surface area contributed by atoms with E-state index in [0.29, 0.717) is 17.9 Å². The molecule has 0 fully saturated rings. The van der Waals surface area contributed by atoms with E-state index in [2.05, 4.69) is 15.7 Å².